The Morgan fingerprint density at radius 1 is 1.11 bits per heavy atom. The van der Waals surface area contributed by atoms with Gasteiger partial charge in [0.25, 0.3) is 5.91 Å². The highest BCUT2D eigenvalue weighted by molar-refractivity contribution is 7.89. The lowest BCUT2D eigenvalue weighted by atomic mass is 10.1. The van der Waals surface area contributed by atoms with Crippen LogP contribution in [0.3, 0.4) is 0 Å². The first-order valence-electron chi connectivity index (χ1n) is 8.55. The van der Waals surface area contributed by atoms with Crippen LogP contribution in [0, 0.1) is 19.7 Å². The van der Waals surface area contributed by atoms with Crippen molar-refractivity contribution in [2.45, 2.75) is 18.7 Å². The Morgan fingerprint density at radius 3 is 2.52 bits per heavy atom. The summed E-state index contributed by atoms with van der Waals surface area (Å²) in [7, 11) is -4.04. The van der Waals surface area contributed by atoms with Crippen molar-refractivity contribution in [3.05, 3.63) is 58.9 Å². The normalized spacial score (nSPS) is 15.5. The van der Waals surface area contributed by atoms with E-state index in [4.69, 9.17) is 4.74 Å². The topological polar surface area (TPSA) is 75.7 Å². The lowest BCUT2D eigenvalue weighted by Gasteiger charge is -2.26. The molecular formula is C19H21FN2O4S. The van der Waals surface area contributed by atoms with Gasteiger partial charge in [-0.2, -0.15) is 4.31 Å². The van der Waals surface area contributed by atoms with Gasteiger partial charge in [0, 0.05) is 24.3 Å². The van der Waals surface area contributed by atoms with Gasteiger partial charge < -0.3 is 10.1 Å². The number of morpholine rings is 1. The number of anilines is 1. The van der Waals surface area contributed by atoms with Gasteiger partial charge in [-0.15, -0.1) is 0 Å². The summed E-state index contributed by atoms with van der Waals surface area (Å²) in [4.78, 5) is 12.1. The minimum Gasteiger partial charge on any atom is -0.379 e. The maximum absolute atomic E-state index is 14.3. The second-order valence-corrected chi connectivity index (χ2v) is 8.34. The molecule has 0 saturated carbocycles. The third-order valence-electron chi connectivity index (χ3n) is 4.42. The third kappa shape index (κ3) is 4.18. The molecule has 144 valence electrons. The Morgan fingerprint density at radius 2 is 1.81 bits per heavy atom. The summed E-state index contributed by atoms with van der Waals surface area (Å²) < 4.78 is 46.1. The Labute approximate surface area is 158 Å². The molecule has 0 spiro atoms. The molecule has 1 saturated heterocycles. The van der Waals surface area contributed by atoms with Crippen LogP contribution < -0.4 is 5.32 Å². The van der Waals surface area contributed by atoms with Crippen LogP contribution >= 0.6 is 0 Å². The van der Waals surface area contributed by atoms with E-state index in [1.807, 2.05) is 32.0 Å². The van der Waals surface area contributed by atoms with E-state index in [1.165, 1.54) is 10.4 Å². The van der Waals surface area contributed by atoms with Crippen molar-refractivity contribution in [2.75, 3.05) is 31.6 Å². The molecule has 0 aliphatic carbocycles. The van der Waals surface area contributed by atoms with Gasteiger partial charge in [0.15, 0.2) is 0 Å². The number of benzene rings is 2. The molecule has 1 N–H and O–H groups in total. The molecule has 6 nitrogen and oxygen atoms in total. The number of hydrogen-bond donors (Lipinski definition) is 1. The molecule has 2 aromatic carbocycles. The third-order valence-corrected chi connectivity index (χ3v) is 6.34. The van der Waals surface area contributed by atoms with Crippen molar-refractivity contribution in [3.63, 3.8) is 0 Å². The van der Waals surface area contributed by atoms with Crippen molar-refractivity contribution >= 4 is 21.6 Å². The number of amides is 1. The number of carbonyl (C=O) groups is 1. The molecular weight excluding hydrogens is 371 g/mol. The molecule has 3 rings (SSSR count). The Hall–Kier alpha value is -2.29. The highest BCUT2D eigenvalue weighted by atomic mass is 32.2. The van der Waals surface area contributed by atoms with E-state index in [0.717, 1.165) is 23.3 Å². The lowest BCUT2D eigenvalue weighted by Crippen LogP contribution is -2.41. The number of nitrogens with zero attached hydrogens (tertiary/aromatic N) is 1. The van der Waals surface area contributed by atoms with Gasteiger partial charge >= 0.3 is 0 Å². The van der Waals surface area contributed by atoms with Gasteiger partial charge in [0.1, 0.15) is 10.7 Å². The molecule has 1 aliphatic rings. The fourth-order valence-electron chi connectivity index (χ4n) is 2.83. The van der Waals surface area contributed by atoms with Gasteiger partial charge in [-0.3, -0.25) is 4.79 Å². The molecule has 1 heterocycles. The summed E-state index contributed by atoms with van der Waals surface area (Å²) in [5, 5.41) is 2.76. The number of hydrogen-bond acceptors (Lipinski definition) is 4. The molecule has 1 fully saturated rings. The van der Waals surface area contributed by atoms with Crippen LogP contribution in [0.2, 0.25) is 0 Å². The molecule has 0 bridgehead atoms. The van der Waals surface area contributed by atoms with E-state index in [2.05, 4.69) is 5.32 Å². The molecule has 27 heavy (non-hydrogen) atoms. The summed E-state index contributed by atoms with van der Waals surface area (Å²) in [6.45, 7) is 4.58. The average Bonchev–Trinajstić information content (AvgIpc) is 2.65. The lowest BCUT2D eigenvalue weighted by molar-refractivity contribution is 0.0729. The van der Waals surface area contributed by atoms with Crippen LogP contribution in [0.4, 0.5) is 10.1 Å². The van der Waals surface area contributed by atoms with Gasteiger partial charge in [-0.1, -0.05) is 12.1 Å². The smallest absolute Gasteiger partial charge is 0.255 e. The summed E-state index contributed by atoms with van der Waals surface area (Å²) in [6, 6.07) is 8.99. The van der Waals surface area contributed by atoms with Gasteiger partial charge in [0.05, 0.1) is 13.2 Å². The van der Waals surface area contributed by atoms with Crippen molar-refractivity contribution in [3.8, 4) is 0 Å². The number of halogens is 1. The molecule has 0 atom stereocenters. The standard InChI is InChI=1S/C19H21FN2O4S/c1-13-3-4-14(2)17(11-13)21-19(23)15-5-6-16(20)18(12-15)27(24,25)22-7-9-26-10-8-22/h3-6,11-12H,7-10H2,1-2H3,(H,21,23). The van der Waals surface area contributed by atoms with Crippen LogP contribution in [0.25, 0.3) is 0 Å². The van der Waals surface area contributed by atoms with Crippen molar-refractivity contribution in [2.24, 2.45) is 0 Å². The fourth-order valence-corrected chi connectivity index (χ4v) is 4.33. The Bertz CT molecular complexity index is 970. The first-order chi connectivity index (χ1) is 12.8. The molecule has 1 amide bonds. The maximum atomic E-state index is 14.3. The monoisotopic (exact) mass is 392 g/mol. The zero-order valence-corrected chi connectivity index (χ0v) is 16.0. The summed E-state index contributed by atoms with van der Waals surface area (Å²) >= 11 is 0. The van der Waals surface area contributed by atoms with Gasteiger partial charge in [0.2, 0.25) is 10.0 Å². The summed E-state index contributed by atoms with van der Waals surface area (Å²) in [5.41, 5.74) is 2.55. The molecule has 0 radical (unpaired) electrons. The van der Waals surface area contributed by atoms with E-state index >= 15 is 0 Å². The predicted molar refractivity (Wildman–Crippen MR) is 99.8 cm³/mol. The molecule has 2 aromatic rings. The Kier molecular flexibility index (Phi) is 5.59. The largest absolute Gasteiger partial charge is 0.379 e. The average molecular weight is 392 g/mol. The minimum absolute atomic E-state index is 0.0733. The SMILES string of the molecule is Cc1ccc(C)c(NC(=O)c2ccc(F)c(S(=O)(=O)N3CCOCC3)c2)c1. The number of carbonyl (C=O) groups excluding carboxylic acids is 1. The van der Waals surface area contributed by atoms with Gasteiger partial charge in [-0.05, 0) is 49.2 Å². The highest BCUT2D eigenvalue weighted by Gasteiger charge is 2.29. The van der Waals surface area contributed by atoms with Crippen LogP contribution in [0.5, 0.6) is 0 Å². The minimum atomic E-state index is -4.04. The van der Waals surface area contributed by atoms with Crippen LogP contribution in [0.15, 0.2) is 41.3 Å². The second kappa shape index (κ2) is 7.75. The summed E-state index contributed by atoms with van der Waals surface area (Å²) in [5.74, 6) is -1.38. The number of nitrogens with one attached hydrogen (secondary N) is 1. The van der Waals surface area contributed by atoms with Crippen molar-refractivity contribution in [1.82, 2.24) is 4.31 Å². The van der Waals surface area contributed by atoms with E-state index in [-0.39, 0.29) is 31.9 Å². The number of sulfonamides is 1. The fraction of sp³-hybridized carbons (Fsp3) is 0.316. The van der Waals surface area contributed by atoms with Gasteiger partial charge in [-0.25, -0.2) is 12.8 Å². The number of ether oxygens (including phenoxy) is 1. The highest BCUT2D eigenvalue weighted by Crippen LogP contribution is 2.23. The Balaban J connectivity index is 1.90. The number of aryl methyl sites for hydroxylation is 2. The molecule has 8 heteroatoms. The van der Waals surface area contributed by atoms with Crippen LogP contribution in [0.1, 0.15) is 21.5 Å². The zero-order valence-electron chi connectivity index (χ0n) is 15.2. The quantitative estimate of drug-likeness (QED) is 0.868. The molecule has 0 aromatic heterocycles. The van der Waals surface area contributed by atoms with Crippen molar-refractivity contribution < 1.29 is 22.3 Å². The van der Waals surface area contributed by atoms with E-state index in [0.29, 0.717) is 5.69 Å². The van der Waals surface area contributed by atoms with E-state index < -0.39 is 26.6 Å². The van der Waals surface area contributed by atoms with Crippen molar-refractivity contribution in [1.29, 1.82) is 0 Å². The second-order valence-electron chi connectivity index (χ2n) is 6.43. The van der Waals surface area contributed by atoms with E-state index in [1.54, 1.807) is 0 Å². The van der Waals surface area contributed by atoms with Crippen LogP contribution in [-0.4, -0.2) is 44.9 Å². The molecule has 1 aliphatic heterocycles. The van der Waals surface area contributed by atoms with E-state index in [9.17, 15) is 17.6 Å². The maximum Gasteiger partial charge on any atom is 0.255 e. The first kappa shape index (κ1) is 19.5. The summed E-state index contributed by atoms with van der Waals surface area (Å²) in [6.07, 6.45) is 0. The molecule has 0 unspecified atom stereocenters. The number of rotatable bonds is 4. The predicted octanol–water partition coefficient (Wildman–Crippen LogP) is 2.72. The first-order valence-corrected chi connectivity index (χ1v) is 9.99. The van der Waals surface area contributed by atoms with Crippen LogP contribution in [-0.2, 0) is 14.8 Å². The zero-order chi connectivity index (χ0) is 19.6.